The van der Waals surface area contributed by atoms with Crippen molar-refractivity contribution in [2.24, 2.45) is 0 Å². The topological polar surface area (TPSA) is 76.1 Å². The second-order valence-corrected chi connectivity index (χ2v) is 3.18. The molecule has 0 aliphatic carbocycles. The molecule has 1 atom stereocenters. The van der Waals surface area contributed by atoms with Crippen molar-refractivity contribution in [1.82, 2.24) is 15.3 Å². The quantitative estimate of drug-likeness (QED) is 0.758. The van der Waals surface area contributed by atoms with Crippen LogP contribution in [-0.4, -0.2) is 35.6 Å². The number of hydrogen-bond donors (Lipinski definition) is 2. The average Bonchev–Trinajstić information content (AvgIpc) is 2.29. The molecule has 1 aromatic rings. The van der Waals surface area contributed by atoms with E-state index in [9.17, 15) is 4.79 Å². The van der Waals surface area contributed by atoms with Gasteiger partial charge in [0.25, 0.3) is 0 Å². The highest BCUT2D eigenvalue weighted by atomic mass is 16.5. The van der Waals surface area contributed by atoms with E-state index in [-0.39, 0.29) is 11.9 Å². The molecule has 6 nitrogen and oxygen atoms in total. The lowest BCUT2D eigenvalue weighted by Crippen LogP contribution is -2.37. The minimum atomic E-state index is -0.382. The van der Waals surface area contributed by atoms with Crippen molar-refractivity contribution in [3.05, 3.63) is 12.3 Å². The Hall–Kier alpha value is -1.85. The van der Waals surface area contributed by atoms with Gasteiger partial charge in [-0.25, -0.2) is 4.98 Å². The molecule has 6 heteroatoms. The maximum Gasteiger partial charge on any atom is 0.242 e. The van der Waals surface area contributed by atoms with Crippen molar-refractivity contribution in [3.8, 4) is 5.88 Å². The molecule has 1 amide bonds. The van der Waals surface area contributed by atoms with E-state index in [2.05, 4.69) is 20.6 Å². The summed E-state index contributed by atoms with van der Waals surface area (Å²) in [5.41, 5.74) is 0. The van der Waals surface area contributed by atoms with Crippen molar-refractivity contribution >= 4 is 11.9 Å². The summed E-state index contributed by atoms with van der Waals surface area (Å²) >= 11 is 0. The van der Waals surface area contributed by atoms with E-state index in [0.717, 1.165) is 0 Å². The minimum Gasteiger partial charge on any atom is -0.481 e. The zero-order valence-electron chi connectivity index (χ0n) is 9.65. The molecule has 0 saturated carbocycles. The molecule has 0 bridgehead atoms. The number of rotatable bonds is 5. The Morgan fingerprint density at radius 2 is 2.38 bits per heavy atom. The Balaban J connectivity index is 2.61. The maximum absolute atomic E-state index is 11.4. The number of nitrogens with zero attached hydrogens (tertiary/aromatic N) is 2. The maximum atomic E-state index is 11.4. The zero-order valence-corrected chi connectivity index (χ0v) is 9.65. The van der Waals surface area contributed by atoms with Gasteiger partial charge in [0.15, 0.2) is 0 Å². The summed E-state index contributed by atoms with van der Waals surface area (Å²) in [7, 11) is 1.53. The van der Waals surface area contributed by atoms with Crippen molar-refractivity contribution < 1.29 is 9.53 Å². The number of nitrogens with one attached hydrogen (secondary N) is 2. The van der Waals surface area contributed by atoms with Crippen molar-refractivity contribution in [2.45, 2.75) is 19.9 Å². The number of ether oxygens (including phenoxy) is 1. The van der Waals surface area contributed by atoms with Crippen LogP contribution in [0.25, 0.3) is 0 Å². The number of aromatic nitrogens is 2. The first kappa shape index (κ1) is 12.2. The number of amides is 1. The Bertz CT molecular complexity index is 356. The third-order valence-corrected chi connectivity index (χ3v) is 1.93. The second-order valence-electron chi connectivity index (χ2n) is 3.18. The molecule has 0 aliphatic rings. The van der Waals surface area contributed by atoms with E-state index >= 15 is 0 Å². The normalized spacial score (nSPS) is 11.7. The molecule has 0 unspecified atom stereocenters. The SMILES string of the molecule is CCNC(=O)[C@@H](C)Nc1nccc(OC)n1. The zero-order chi connectivity index (χ0) is 12.0. The smallest absolute Gasteiger partial charge is 0.242 e. The number of carbonyl (C=O) groups is 1. The molecule has 16 heavy (non-hydrogen) atoms. The molecule has 0 aromatic carbocycles. The van der Waals surface area contributed by atoms with Gasteiger partial charge in [-0.3, -0.25) is 4.79 Å². The lowest BCUT2D eigenvalue weighted by Gasteiger charge is -2.13. The lowest BCUT2D eigenvalue weighted by molar-refractivity contribution is -0.121. The first-order chi connectivity index (χ1) is 7.67. The van der Waals surface area contributed by atoms with Crippen molar-refractivity contribution in [3.63, 3.8) is 0 Å². The monoisotopic (exact) mass is 224 g/mol. The van der Waals surface area contributed by atoms with Crippen LogP contribution in [0.4, 0.5) is 5.95 Å². The molecular weight excluding hydrogens is 208 g/mol. The Morgan fingerprint density at radius 3 is 3.00 bits per heavy atom. The van der Waals surface area contributed by atoms with Crippen LogP contribution in [-0.2, 0) is 4.79 Å². The summed E-state index contributed by atoms with van der Waals surface area (Å²) in [6, 6.07) is 1.26. The molecule has 1 aromatic heterocycles. The Labute approximate surface area is 94.4 Å². The van der Waals surface area contributed by atoms with Crippen LogP contribution in [0.15, 0.2) is 12.3 Å². The summed E-state index contributed by atoms with van der Waals surface area (Å²) in [4.78, 5) is 19.5. The van der Waals surface area contributed by atoms with Crippen LogP contribution in [0.3, 0.4) is 0 Å². The van der Waals surface area contributed by atoms with Crippen molar-refractivity contribution in [2.75, 3.05) is 19.0 Å². The van der Waals surface area contributed by atoms with Crippen LogP contribution in [0.1, 0.15) is 13.8 Å². The van der Waals surface area contributed by atoms with Crippen LogP contribution >= 0.6 is 0 Å². The van der Waals surface area contributed by atoms with Gasteiger partial charge in [-0.1, -0.05) is 0 Å². The molecule has 0 spiro atoms. The molecule has 1 heterocycles. The second kappa shape index (κ2) is 5.89. The number of anilines is 1. The fourth-order valence-electron chi connectivity index (χ4n) is 1.11. The molecule has 1 rings (SSSR count). The predicted octanol–water partition coefficient (Wildman–Crippen LogP) is 0.422. The van der Waals surface area contributed by atoms with Gasteiger partial charge in [-0.05, 0) is 13.8 Å². The minimum absolute atomic E-state index is 0.0890. The molecular formula is C10H16N4O2. The van der Waals surface area contributed by atoms with E-state index in [0.29, 0.717) is 18.4 Å². The predicted molar refractivity (Wildman–Crippen MR) is 60.4 cm³/mol. The van der Waals surface area contributed by atoms with Crippen LogP contribution in [0.5, 0.6) is 5.88 Å². The van der Waals surface area contributed by atoms with E-state index in [1.165, 1.54) is 7.11 Å². The van der Waals surface area contributed by atoms with Gasteiger partial charge in [0.1, 0.15) is 6.04 Å². The Kier molecular flexibility index (Phi) is 4.50. The summed E-state index contributed by atoms with van der Waals surface area (Å²) in [6.07, 6.45) is 1.57. The molecule has 88 valence electrons. The van der Waals surface area contributed by atoms with Crippen molar-refractivity contribution in [1.29, 1.82) is 0 Å². The largest absolute Gasteiger partial charge is 0.481 e. The third-order valence-electron chi connectivity index (χ3n) is 1.93. The fraction of sp³-hybridized carbons (Fsp3) is 0.500. The van der Waals surface area contributed by atoms with Crippen LogP contribution < -0.4 is 15.4 Å². The van der Waals surface area contributed by atoms with Crippen LogP contribution in [0, 0.1) is 0 Å². The highest BCUT2D eigenvalue weighted by Gasteiger charge is 2.12. The summed E-state index contributed by atoms with van der Waals surface area (Å²) < 4.78 is 4.95. The summed E-state index contributed by atoms with van der Waals surface area (Å²) in [6.45, 7) is 4.21. The van der Waals surface area contributed by atoms with E-state index in [4.69, 9.17) is 4.74 Å². The molecule has 0 fully saturated rings. The summed E-state index contributed by atoms with van der Waals surface area (Å²) in [5.74, 6) is 0.743. The lowest BCUT2D eigenvalue weighted by atomic mass is 10.3. The first-order valence-corrected chi connectivity index (χ1v) is 5.08. The molecule has 2 N–H and O–H groups in total. The van der Waals surface area contributed by atoms with Gasteiger partial charge < -0.3 is 15.4 Å². The van der Waals surface area contributed by atoms with Gasteiger partial charge in [0.05, 0.1) is 7.11 Å². The molecule has 0 saturated heterocycles. The van der Waals surface area contributed by atoms with Gasteiger partial charge in [-0.2, -0.15) is 4.98 Å². The standard InChI is InChI=1S/C10H16N4O2/c1-4-11-9(15)7(2)13-10-12-6-5-8(14-10)16-3/h5-7H,4H2,1-3H3,(H,11,15)(H,12,13,14)/t7-/m1/s1. The summed E-state index contributed by atoms with van der Waals surface area (Å²) in [5, 5.41) is 5.59. The third kappa shape index (κ3) is 3.38. The highest BCUT2D eigenvalue weighted by Crippen LogP contribution is 2.07. The average molecular weight is 224 g/mol. The first-order valence-electron chi connectivity index (χ1n) is 5.08. The molecule has 0 aliphatic heterocycles. The van der Waals surface area contributed by atoms with E-state index < -0.39 is 0 Å². The fourth-order valence-corrected chi connectivity index (χ4v) is 1.11. The number of carbonyl (C=O) groups excluding carboxylic acids is 1. The van der Waals surface area contributed by atoms with Gasteiger partial charge in [0.2, 0.25) is 17.7 Å². The number of methoxy groups -OCH3 is 1. The van der Waals surface area contributed by atoms with E-state index in [1.54, 1.807) is 19.2 Å². The molecule has 0 radical (unpaired) electrons. The van der Waals surface area contributed by atoms with Gasteiger partial charge in [-0.15, -0.1) is 0 Å². The van der Waals surface area contributed by atoms with Gasteiger partial charge >= 0.3 is 0 Å². The number of hydrogen-bond acceptors (Lipinski definition) is 5. The van der Waals surface area contributed by atoms with Gasteiger partial charge in [0, 0.05) is 18.8 Å². The van der Waals surface area contributed by atoms with Crippen LogP contribution in [0.2, 0.25) is 0 Å². The Morgan fingerprint density at radius 1 is 1.62 bits per heavy atom. The highest BCUT2D eigenvalue weighted by molar-refractivity contribution is 5.83. The van der Waals surface area contributed by atoms with E-state index in [1.807, 2.05) is 6.92 Å². The number of likely N-dealkylation sites (N-methyl/N-ethyl adjacent to an activating group) is 1.